The molecule has 5 rings (SSSR count). The monoisotopic (exact) mass is 353 g/mol. The van der Waals surface area contributed by atoms with Crippen molar-refractivity contribution in [2.24, 2.45) is 0 Å². The predicted octanol–water partition coefficient (Wildman–Crippen LogP) is 1.23. The topological polar surface area (TPSA) is 104 Å². The lowest BCUT2D eigenvalue weighted by Gasteiger charge is -2.12. The van der Waals surface area contributed by atoms with Crippen LogP contribution in [0.5, 0.6) is 11.6 Å². The first-order valence-corrected chi connectivity index (χ1v) is 7.93. The third-order valence-electron chi connectivity index (χ3n) is 4.11. The Kier molecular flexibility index (Phi) is 3.11. The number of aromatic nitrogens is 7. The van der Waals surface area contributed by atoms with E-state index in [0.717, 1.165) is 5.69 Å². The lowest BCUT2D eigenvalue weighted by Crippen LogP contribution is -2.08. The number of nitrogens with zero attached hydrogens (tertiary/aromatic N) is 7. The molecule has 3 aromatic heterocycles. The number of hydrogen-bond donors (Lipinski definition) is 1. The zero-order valence-corrected chi connectivity index (χ0v) is 13.4. The summed E-state index contributed by atoms with van der Waals surface area (Å²) in [5.74, 6) is 0.0722. The molecule has 1 aliphatic rings. The maximum atomic E-state index is 13.7. The second-order valence-corrected chi connectivity index (χ2v) is 5.88. The number of benzene rings is 1. The van der Waals surface area contributed by atoms with Crippen molar-refractivity contribution < 1.29 is 14.2 Å². The molecular formula is C16H12FN7O2. The van der Waals surface area contributed by atoms with Crippen LogP contribution in [0.3, 0.4) is 0 Å². The summed E-state index contributed by atoms with van der Waals surface area (Å²) < 4.78 is 22.6. The molecule has 0 unspecified atom stereocenters. The number of halogens is 1. The van der Waals surface area contributed by atoms with E-state index in [1.165, 1.54) is 23.0 Å². The molecule has 130 valence electrons. The highest BCUT2D eigenvalue weighted by atomic mass is 19.1. The average Bonchev–Trinajstić information content (AvgIpc) is 3.22. The van der Waals surface area contributed by atoms with E-state index in [1.54, 1.807) is 16.9 Å². The molecule has 0 atom stereocenters. The highest BCUT2D eigenvalue weighted by Gasteiger charge is 2.18. The first-order chi connectivity index (χ1) is 12.7. The van der Waals surface area contributed by atoms with Crippen molar-refractivity contribution in [2.45, 2.75) is 13.0 Å². The van der Waals surface area contributed by atoms with E-state index in [1.807, 2.05) is 0 Å². The van der Waals surface area contributed by atoms with Gasteiger partial charge in [0.1, 0.15) is 29.2 Å². The maximum absolute atomic E-state index is 13.7. The molecule has 1 aliphatic heterocycles. The molecular weight excluding hydrogens is 341 g/mol. The smallest absolute Gasteiger partial charge is 0.225 e. The van der Waals surface area contributed by atoms with E-state index in [-0.39, 0.29) is 12.4 Å². The summed E-state index contributed by atoms with van der Waals surface area (Å²) in [7, 11) is 0. The Morgan fingerprint density at radius 2 is 2.15 bits per heavy atom. The summed E-state index contributed by atoms with van der Waals surface area (Å²) in [6.45, 7) is 0.548. The molecule has 9 nitrogen and oxygen atoms in total. The third-order valence-corrected chi connectivity index (χ3v) is 4.11. The van der Waals surface area contributed by atoms with Crippen LogP contribution in [0.25, 0.3) is 16.7 Å². The highest BCUT2D eigenvalue weighted by molar-refractivity contribution is 5.81. The Labute approximate surface area is 145 Å². The van der Waals surface area contributed by atoms with E-state index in [9.17, 15) is 9.50 Å². The van der Waals surface area contributed by atoms with Gasteiger partial charge in [-0.25, -0.2) is 18.7 Å². The fourth-order valence-electron chi connectivity index (χ4n) is 2.90. The SMILES string of the molecule is Oc1nc2nc3c1cnn3-c1ccc(F)cc1OCCc1cn(nn1)C2. The van der Waals surface area contributed by atoms with Crippen LogP contribution in [0.15, 0.2) is 30.6 Å². The van der Waals surface area contributed by atoms with Gasteiger partial charge in [0, 0.05) is 18.7 Å². The highest BCUT2D eigenvalue weighted by Crippen LogP contribution is 2.29. The molecule has 1 N–H and O–H groups in total. The minimum atomic E-state index is -0.423. The molecule has 4 bridgehead atoms. The zero-order chi connectivity index (χ0) is 17.7. The first-order valence-electron chi connectivity index (χ1n) is 7.93. The zero-order valence-electron chi connectivity index (χ0n) is 13.4. The number of ether oxygens (including phenoxy) is 1. The van der Waals surface area contributed by atoms with Crippen LogP contribution in [-0.4, -0.2) is 46.5 Å². The van der Waals surface area contributed by atoms with Crippen LogP contribution in [0.4, 0.5) is 4.39 Å². The van der Waals surface area contributed by atoms with Gasteiger partial charge in [-0.2, -0.15) is 10.1 Å². The quantitative estimate of drug-likeness (QED) is 0.507. The Balaban J connectivity index is 1.77. The second-order valence-electron chi connectivity index (χ2n) is 5.88. The van der Waals surface area contributed by atoms with Crippen molar-refractivity contribution in [1.29, 1.82) is 0 Å². The molecule has 0 saturated heterocycles. The Morgan fingerprint density at radius 1 is 1.23 bits per heavy atom. The van der Waals surface area contributed by atoms with Crippen LogP contribution in [0.2, 0.25) is 0 Å². The van der Waals surface area contributed by atoms with Gasteiger partial charge in [-0.15, -0.1) is 5.10 Å². The summed E-state index contributed by atoms with van der Waals surface area (Å²) in [4.78, 5) is 8.59. The van der Waals surface area contributed by atoms with Crippen molar-refractivity contribution in [2.75, 3.05) is 6.61 Å². The van der Waals surface area contributed by atoms with Crippen molar-refractivity contribution in [3.05, 3.63) is 47.9 Å². The molecule has 4 aromatic rings. The van der Waals surface area contributed by atoms with Crippen molar-refractivity contribution in [3.63, 3.8) is 0 Å². The number of fused-ring (bicyclic) bond motifs is 5. The standard InChI is InChI=1S/C16H12FN7O2/c17-9-1-2-12-13(5-9)26-4-3-10-7-23(22-21-10)8-14-19-15-11(16(25)20-14)6-18-24(12)15/h1-2,5-7H,3-4,8H2,(H,19,20,25). The van der Waals surface area contributed by atoms with Gasteiger partial charge in [0.05, 0.1) is 18.5 Å². The molecule has 10 heteroatoms. The molecule has 0 aliphatic carbocycles. The van der Waals surface area contributed by atoms with Crippen LogP contribution >= 0.6 is 0 Å². The van der Waals surface area contributed by atoms with Gasteiger partial charge in [-0.3, -0.25) is 0 Å². The fraction of sp³-hybridized carbons (Fsp3) is 0.188. The largest absolute Gasteiger partial charge is 0.493 e. The molecule has 0 saturated carbocycles. The number of hydrogen-bond acceptors (Lipinski definition) is 7. The van der Waals surface area contributed by atoms with Crippen LogP contribution in [-0.2, 0) is 13.0 Å². The van der Waals surface area contributed by atoms with E-state index in [0.29, 0.717) is 41.3 Å². The van der Waals surface area contributed by atoms with E-state index in [2.05, 4.69) is 25.4 Å². The molecule has 26 heavy (non-hydrogen) atoms. The van der Waals surface area contributed by atoms with E-state index >= 15 is 0 Å². The minimum absolute atomic E-state index is 0.184. The maximum Gasteiger partial charge on any atom is 0.225 e. The normalized spacial score (nSPS) is 13.6. The summed E-state index contributed by atoms with van der Waals surface area (Å²) in [5, 5.41) is 23.0. The Bertz CT molecular complexity index is 1140. The summed E-state index contributed by atoms with van der Waals surface area (Å²) >= 11 is 0. The van der Waals surface area contributed by atoms with Crippen molar-refractivity contribution in [3.8, 4) is 17.3 Å². The average molecular weight is 353 g/mol. The van der Waals surface area contributed by atoms with Gasteiger partial charge in [-0.1, -0.05) is 5.21 Å². The van der Waals surface area contributed by atoms with Crippen molar-refractivity contribution >= 4 is 11.0 Å². The van der Waals surface area contributed by atoms with Crippen LogP contribution < -0.4 is 4.74 Å². The summed E-state index contributed by atoms with van der Waals surface area (Å²) in [6.07, 6.45) is 3.73. The molecule has 0 amide bonds. The van der Waals surface area contributed by atoms with E-state index in [4.69, 9.17) is 4.74 Å². The molecule has 0 radical (unpaired) electrons. The molecule has 0 fully saturated rings. The van der Waals surface area contributed by atoms with E-state index < -0.39 is 5.82 Å². The lowest BCUT2D eigenvalue weighted by molar-refractivity contribution is 0.317. The van der Waals surface area contributed by atoms with Crippen LogP contribution in [0.1, 0.15) is 11.5 Å². The lowest BCUT2D eigenvalue weighted by atomic mass is 10.2. The minimum Gasteiger partial charge on any atom is -0.493 e. The van der Waals surface area contributed by atoms with Gasteiger partial charge >= 0.3 is 0 Å². The van der Waals surface area contributed by atoms with Gasteiger partial charge < -0.3 is 9.84 Å². The van der Waals surface area contributed by atoms with Gasteiger partial charge in [-0.05, 0) is 12.1 Å². The fourth-order valence-corrected chi connectivity index (χ4v) is 2.90. The van der Waals surface area contributed by atoms with Gasteiger partial charge in [0.15, 0.2) is 11.5 Å². The van der Waals surface area contributed by atoms with Crippen molar-refractivity contribution in [1.82, 2.24) is 34.7 Å². The first kappa shape index (κ1) is 14.8. The van der Waals surface area contributed by atoms with Gasteiger partial charge in [0.25, 0.3) is 0 Å². The molecule has 1 aromatic carbocycles. The predicted molar refractivity (Wildman–Crippen MR) is 86.6 cm³/mol. The Morgan fingerprint density at radius 3 is 3.08 bits per heavy atom. The summed E-state index contributed by atoms with van der Waals surface area (Å²) in [6, 6.07) is 4.17. The Hall–Kier alpha value is -3.56. The summed E-state index contributed by atoms with van der Waals surface area (Å²) in [5.41, 5.74) is 1.64. The third kappa shape index (κ3) is 2.34. The molecule has 4 heterocycles. The van der Waals surface area contributed by atoms with Crippen LogP contribution in [0, 0.1) is 5.82 Å². The second kappa shape index (κ2) is 5.48. The van der Waals surface area contributed by atoms with Gasteiger partial charge in [0.2, 0.25) is 5.88 Å². The molecule has 0 spiro atoms. The number of rotatable bonds is 0. The number of aromatic hydroxyl groups is 1.